The Hall–Kier alpha value is -1.06. The van der Waals surface area contributed by atoms with Crippen LogP contribution in [0.25, 0.3) is 11.0 Å². The van der Waals surface area contributed by atoms with Crippen molar-refractivity contribution in [2.75, 3.05) is 13.2 Å². The van der Waals surface area contributed by atoms with Gasteiger partial charge in [0.2, 0.25) is 0 Å². The summed E-state index contributed by atoms with van der Waals surface area (Å²) in [6.07, 6.45) is 2.66. The smallest absolute Gasteiger partial charge is 0.127 e. The quantitative estimate of drug-likeness (QED) is 0.594. The predicted octanol–water partition coefficient (Wildman–Crippen LogP) is 3.76. The lowest BCUT2D eigenvalue weighted by Gasteiger charge is -2.10. The van der Waals surface area contributed by atoms with Gasteiger partial charge in [-0.2, -0.15) is 0 Å². The maximum Gasteiger partial charge on any atom is 0.127 e. The molecule has 1 atom stereocenters. The van der Waals surface area contributed by atoms with E-state index in [1.54, 1.807) is 0 Å². The van der Waals surface area contributed by atoms with E-state index in [2.05, 4.69) is 15.6 Å². The van der Waals surface area contributed by atoms with Crippen LogP contribution in [0.5, 0.6) is 0 Å². The van der Waals surface area contributed by atoms with Crippen molar-refractivity contribution in [2.45, 2.75) is 31.7 Å². The Kier molecular flexibility index (Phi) is 3.76. The van der Waals surface area contributed by atoms with E-state index in [4.69, 9.17) is 16.3 Å². The van der Waals surface area contributed by atoms with Crippen molar-refractivity contribution in [3.05, 3.63) is 30.1 Å². The summed E-state index contributed by atoms with van der Waals surface area (Å²) in [6, 6.07) is 8.16. The zero-order chi connectivity index (χ0) is 13.2. The van der Waals surface area contributed by atoms with E-state index in [0.717, 1.165) is 42.5 Å². The lowest BCUT2D eigenvalue weighted by molar-refractivity contribution is 0.117. The number of rotatable bonds is 6. The van der Waals surface area contributed by atoms with Crippen LogP contribution in [0.2, 0.25) is 0 Å². The number of alkyl halides is 1. The molecule has 0 N–H and O–H groups in total. The van der Waals surface area contributed by atoms with E-state index in [9.17, 15) is 0 Å². The summed E-state index contributed by atoms with van der Waals surface area (Å²) in [5, 5.41) is -0.0872. The molecule has 0 aliphatic heterocycles. The maximum atomic E-state index is 6.23. The molecule has 0 radical (unpaired) electrons. The van der Waals surface area contributed by atoms with Gasteiger partial charge in [-0.15, -0.1) is 11.6 Å². The number of aromatic nitrogens is 2. The van der Waals surface area contributed by atoms with E-state index < -0.39 is 0 Å². The number of hydrogen-bond acceptors (Lipinski definition) is 2. The number of benzene rings is 1. The second-order valence-corrected chi connectivity index (χ2v) is 5.90. The monoisotopic (exact) mass is 278 g/mol. The highest BCUT2D eigenvalue weighted by Gasteiger charge is 2.21. The van der Waals surface area contributed by atoms with Gasteiger partial charge in [-0.25, -0.2) is 4.98 Å². The van der Waals surface area contributed by atoms with Crippen LogP contribution < -0.4 is 0 Å². The number of nitrogens with zero attached hydrogens (tertiary/aromatic N) is 2. The first-order valence-electron chi connectivity index (χ1n) is 6.92. The molecule has 0 bridgehead atoms. The van der Waals surface area contributed by atoms with Gasteiger partial charge >= 0.3 is 0 Å². The zero-order valence-electron chi connectivity index (χ0n) is 11.2. The minimum Gasteiger partial charge on any atom is -0.379 e. The van der Waals surface area contributed by atoms with Gasteiger partial charge in [0, 0.05) is 13.2 Å². The second-order valence-electron chi connectivity index (χ2n) is 5.24. The molecule has 1 saturated carbocycles. The first-order chi connectivity index (χ1) is 9.25. The summed E-state index contributed by atoms with van der Waals surface area (Å²) in [5.41, 5.74) is 2.15. The average Bonchev–Trinajstić information content (AvgIpc) is 3.15. The molecule has 3 nitrogen and oxygen atoms in total. The molecule has 4 heteroatoms. The third-order valence-electron chi connectivity index (χ3n) is 3.55. The SMILES string of the molecule is CC(Cl)c1nc2ccccc2n1CCOCC1CC1. The van der Waals surface area contributed by atoms with Crippen molar-refractivity contribution in [2.24, 2.45) is 5.92 Å². The van der Waals surface area contributed by atoms with E-state index >= 15 is 0 Å². The average molecular weight is 279 g/mol. The van der Waals surface area contributed by atoms with Crippen LogP contribution in [-0.2, 0) is 11.3 Å². The first kappa shape index (κ1) is 12.9. The van der Waals surface area contributed by atoms with Gasteiger partial charge < -0.3 is 9.30 Å². The molecule has 0 spiro atoms. The van der Waals surface area contributed by atoms with Gasteiger partial charge in [-0.1, -0.05) is 12.1 Å². The lowest BCUT2D eigenvalue weighted by Crippen LogP contribution is -2.10. The van der Waals surface area contributed by atoms with Crippen LogP contribution in [0.1, 0.15) is 31.0 Å². The van der Waals surface area contributed by atoms with Gasteiger partial charge in [0.1, 0.15) is 5.82 Å². The van der Waals surface area contributed by atoms with Crippen LogP contribution in [0, 0.1) is 5.92 Å². The van der Waals surface area contributed by atoms with Crippen LogP contribution in [0.4, 0.5) is 0 Å². The highest BCUT2D eigenvalue weighted by Crippen LogP contribution is 2.29. The van der Waals surface area contributed by atoms with Crippen molar-refractivity contribution >= 4 is 22.6 Å². The molecule has 3 rings (SSSR count). The molecular weight excluding hydrogens is 260 g/mol. The Morgan fingerprint density at radius 3 is 2.95 bits per heavy atom. The standard InChI is InChI=1S/C15H19ClN2O/c1-11(16)15-17-13-4-2-3-5-14(13)18(15)8-9-19-10-12-6-7-12/h2-5,11-12H,6-10H2,1H3. The molecule has 2 aromatic rings. The number of para-hydroxylation sites is 2. The molecule has 0 amide bonds. The van der Waals surface area contributed by atoms with Crippen molar-refractivity contribution in [3.63, 3.8) is 0 Å². The summed E-state index contributed by atoms with van der Waals surface area (Å²) in [5.74, 6) is 1.74. The van der Waals surface area contributed by atoms with Crippen LogP contribution in [0.15, 0.2) is 24.3 Å². The molecule has 1 fully saturated rings. The highest BCUT2D eigenvalue weighted by molar-refractivity contribution is 6.20. The van der Waals surface area contributed by atoms with E-state index in [0.29, 0.717) is 0 Å². The minimum atomic E-state index is -0.0872. The van der Waals surface area contributed by atoms with E-state index in [1.165, 1.54) is 12.8 Å². The Balaban J connectivity index is 1.76. The zero-order valence-corrected chi connectivity index (χ0v) is 11.9. The lowest BCUT2D eigenvalue weighted by atomic mass is 10.3. The fourth-order valence-corrected chi connectivity index (χ4v) is 2.49. The van der Waals surface area contributed by atoms with Crippen molar-refractivity contribution in [1.82, 2.24) is 9.55 Å². The molecule has 19 heavy (non-hydrogen) atoms. The number of halogens is 1. The molecule has 0 saturated heterocycles. The Labute approximate surface area is 118 Å². The third-order valence-corrected chi connectivity index (χ3v) is 3.74. The van der Waals surface area contributed by atoms with Gasteiger partial charge in [-0.3, -0.25) is 0 Å². The van der Waals surface area contributed by atoms with Crippen molar-refractivity contribution < 1.29 is 4.74 Å². The number of hydrogen-bond donors (Lipinski definition) is 0. The summed E-state index contributed by atoms with van der Waals surface area (Å²) in [7, 11) is 0. The molecule has 1 heterocycles. The second kappa shape index (κ2) is 5.51. The molecule has 1 aromatic carbocycles. The highest BCUT2D eigenvalue weighted by atomic mass is 35.5. The molecule has 1 aliphatic carbocycles. The predicted molar refractivity (Wildman–Crippen MR) is 77.5 cm³/mol. The maximum absolute atomic E-state index is 6.23. The molecule has 102 valence electrons. The normalized spacial score (nSPS) is 16.9. The fraction of sp³-hybridized carbons (Fsp3) is 0.533. The first-order valence-corrected chi connectivity index (χ1v) is 7.36. The molecule has 1 unspecified atom stereocenters. The summed E-state index contributed by atoms with van der Waals surface area (Å²) < 4.78 is 7.90. The number of imidazole rings is 1. The topological polar surface area (TPSA) is 27.1 Å². The minimum absolute atomic E-state index is 0.0872. The summed E-state index contributed by atoms with van der Waals surface area (Å²) in [6.45, 7) is 4.41. The van der Waals surface area contributed by atoms with Crippen LogP contribution in [-0.4, -0.2) is 22.8 Å². The largest absolute Gasteiger partial charge is 0.379 e. The Bertz CT molecular complexity index is 560. The van der Waals surface area contributed by atoms with Crippen molar-refractivity contribution in [3.8, 4) is 0 Å². The number of fused-ring (bicyclic) bond motifs is 1. The molecule has 1 aromatic heterocycles. The van der Waals surface area contributed by atoms with E-state index in [-0.39, 0.29) is 5.38 Å². The Morgan fingerprint density at radius 1 is 1.42 bits per heavy atom. The molecular formula is C15H19ClN2O. The van der Waals surface area contributed by atoms with Gasteiger partial charge in [-0.05, 0) is 37.8 Å². The van der Waals surface area contributed by atoms with Crippen molar-refractivity contribution in [1.29, 1.82) is 0 Å². The number of ether oxygens (including phenoxy) is 1. The van der Waals surface area contributed by atoms with Crippen LogP contribution >= 0.6 is 11.6 Å². The summed E-state index contributed by atoms with van der Waals surface area (Å²) >= 11 is 6.23. The molecule has 1 aliphatic rings. The third kappa shape index (κ3) is 2.93. The van der Waals surface area contributed by atoms with Gasteiger partial charge in [0.15, 0.2) is 0 Å². The fourth-order valence-electron chi connectivity index (χ4n) is 2.32. The van der Waals surface area contributed by atoms with Gasteiger partial charge in [0.25, 0.3) is 0 Å². The van der Waals surface area contributed by atoms with Gasteiger partial charge in [0.05, 0.1) is 23.0 Å². The summed E-state index contributed by atoms with van der Waals surface area (Å²) in [4.78, 5) is 4.61. The van der Waals surface area contributed by atoms with Crippen LogP contribution in [0.3, 0.4) is 0 Å². The van der Waals surface area contributed by atoms with E-state index in [1.807, 2.05) is 25.1 Å². The Morgan fingerprint density at radius 2 is 2.21 bits per heavy atom.